The Kier molecular flexibility index (Phi) is 2.52. The van der Waals surface area contributed by atoms with Gasteiger partial charge in [-0.05, 0) is 33.2 Å². The molecule has 0 amide bonds. The smallest absolute Gasteiger partial charge is 0.108 e. The van der Waals surface area contributed by atoms with Gasteiger partial charge in [-0.1, -0.05) is 48.5 Å². The van der Waals surface area contributed by atoms with Crippen molar-refractivity contribution in [3.63, 3.8) is 0 Å². The maximum atomic E-state index is 8.74. The molecule has 2 nitrogen and oxygen atoms in total. The molecule has 3 aromatic carbocycles. The highest BCUT2D eigenvalue weighted by atomic mass is 17.1. The van der Waals surface area contributed by atoms with Crippen LogP contribution < -0.4 is 0 Å². The molecule has 3 aromatic rings. The summed E-state index contributed by atoms with van der Waals surface area (Å²) >= 11 is 0. The first-order valence-corrected chi connectivity index (χ1v) is 5.56. The quantitative estimate of drug-likeness (QED) is 0.405. The van der Waals surface area contributed by atoms with Crippen LogP contribution in [0.3, 0.4) is 0 Å². The summed E-state index contributed by atoms with van der Waals surface area (Å²) in [6, 6.07) is 18.4. The molecule has 0 saturated heterocycles. The Morgan fingerprint density at radius 3 is 1.88 bits per heavy atom. The van der Waals surface area contributed by atoms with Crippen LogP contribution in [0.15, 0.2) is 54.6 Å². The molecule has 0 aliphatic carbocycles. The summed E-state index contributed by atoms with van der Waals surface area (Å²) in [6.45, 7) is 0.210. The van der Waals surface area contributed by atoms with Gasteiger partial charge >= 0.3 is 0 Å². The lowest BCUT2D eigenvalue weighted by atomic mass is 9.97. The fourth-order valence-electron chi connectivity index (χ4n) is 2.33. The van der Waals surface area contributed by atoms with E-state index in [0.717, 1.165) is 16.3 Å². The fourth-order valence-corrected chi connectivity index (χ4v) is 2.33. The molecule has 17 heavy (non-hydrogen) atoms. The van der Waals surface area contributed by atoms with E-state index in [4.69, 9.17) is 5.26 Å². The van der Waals surface area contributed by atoms with E-state index in [-0.39, 0.29) is 6.61 Å². The van der Waals surface area contributed by atoms with Crippen molar-refractivity contribution in [2.75, 3.05) is 0 Å². The van der Waals surface area contributed by atoms with Gasteiger partial charge in [-0.25, -0.2) is 4.89 Å². The minimum atomic E-state index is 0.210. The molecule has 0 atom stereocenters. The minimum Gasteiger partial charge on any atom is -0.251 e. The van der Waals surface area contributed by atoms with Crippen LogP contribution in [0.5, 0.6) is 0 Å². The van der Waals surface area contributed by atoms with Crippen LogP contribution in [0.2, 0.25) is 0 Å². The van der Waals surface area contributed by atoms with Crippen LogP contribution in [0, 0.1) is 0 Å². The monoisotopic (exact) mass is 224 g/mol. The summed E-state index contributed by atoms with van der Waals surface area (Å²) < 4.78 is 0. The second-order valence-corrected chi connectivity index (χ2v) is 4.07. The van der Waals surface area contributed by atoms with E-state index in [1.807, 2.05) is 24.3 Å². The number of rotatable bonds is 2. The highest BCUT2D eigenvalue weighted by molar-refractivity contribution is 6.02. The van der Waals surface area contributed by atoms with Gasteiger partial charge in [0.15, 0.2) is 0 Å². The van der Waals surface area contributed by atoms with Crippen LogP contribution in [-0.4, -0.2) is 5.26 Å². The maximum absolute atomic E-state index is 8.74. The van der Waals surface area contributed by atoms with Crippen LogP contribution >= 0.6 is 0 Å². The number of hydrogen-bond donors (Lipinski definition) is 1. The Hall–Kier alpha value is -1.90. The lowest BCUT2D eigenvalue weighted by Crippen LogP contribution is -1.92. The van der Waals surface area contributed by atoms with E-state index in [1.54, 1.807) is 0 Å². The third-order valence-electron chi connectivity index (χ3n) is 3.09. The lowest BCUT2D eigenvalue weighted by molar-refractivity contribution is -0.252. The van der Waals surface area contributed by atoms with Crippen LogP contribution in [-0.2, 0) is 11.5 Å². The standard InChI is InChI=1S/C15H12O2/c16-17-10-15-13-7-3-1-5-11(13)9-12-6-2-4-8-14(12)15/h1-9,16H,10H2. The van der Waals surface area contributed by atoms with Gasteiger partial charge in [0.25, 0.3) is 0 Å². The minimum absolute atomic E-state index is 0.210. The molecule has 0 bridgehead atoms. The van der Waals surface area contributed by atoms with E-state index < -0.39 is 0 Å². The largest absolute Gasteiger partial charge is 0.251 e. The van der Waals surface area contributed by atoms with Crippen molar-refractivity contribution in [3.05, 3.63) is 60.2 Å². The number of benzene rings is 3. The zero-order valence-corrected chi connectivity index (χ0v) is 9.26. The average molecular weight is 224 g/mol. The summed E-state index contributed by atoms with van der Waals surface area (Å²) in [5.41, 5.74) is 1.03. The highest BCUT2D eigenvalue weighted by Gasteiger charge is 2.06. The Labute approximate surface area is 99.0 Å². The van der Waals surface area contributed by atoms with Gasteiger partial charge in [-0.15, -0.1) is 0 Å². The van der Waals surface area contributed by atoms with Crippen molar-refractivity contribution >= 4 is 21.5 Å². The molecule has 0 aromatic heterocycles. The van der Waals surface area contributed by atoms with Gasteiger partial charge in [0.2, 0.25) is 0 Å². The SMILES string of the molecule is OOCc1c2ccccc2cc2ccccc12. The highest BCUT2D eigenvalue weighted by Crippen LogP contribution is 2.28. The third kappa shape index (κ3) is 1.68. The Morgan fingerprint density at radius 1 is 0.824 bits per heavy atom. The van der Waals surface area contributed by atoms with Crippen molar-refractivity contribution in [2.24, 2.45) is 0 Å². The van der Waals surface area contributed by atoms with Gasteiger partial charge < -0.3 is 0 Å². The van der Waals surface area contributed by atoms with Crippen molar-refractivity contribution in [3.8, 4) is 0 Å². The molecule has 0 fully saturated rings. The first-order chi connectivity index (χ1) is 8.40. The van der Waals surface area contributed by atoms with Crippen molar-refractivity contribution < 1.29 is 10.1 Å². The summed E-state index contributed by atoms with van der Waals surface area (Å²) in [5.74, 6) is 0. The summed E-state index contributed by atoms with van der Waals surface area (Å²) in [7, 11) is 0. The molecule has 1 N–H and O–H groups in total. The van der Waals surface area contributed by atoms with Crippen molar-refractivity contribution in [2.45, 2.75) is 6.61 Å². The number of hydrogen-bond acceptors (Lipinski definition) is 2. The van der Waals surface area contributed by atoms with Gasteiger partial charge in [0, 0.05) is 0 Å². The average Bonchev–Trinajstić information content (AvgIpc) is 2.39. The summed E-state index contributed by atoms with van der Waals surface area (Å²) in [6.07, 6.45) is 0. The first kappa shape index (κ1) is 10.3. The summed E-state index contributed by atoms with van der Waals surface area (Å²) in [4.78, 5) is 4.34. The number of fused-ring (bicyclic) bond motifs is 2. The van der Waals surface area contributed by atoms with Crippen molar-refractivity contribution in [1.29, 1.82) is 0 Å². The predicted octanol–water partition coefficient (Wildman–Crippen LogP) is 3.98. The normalized spacial score (nSPS) is 11.1. The molecule has 0 unspecified atom stereocenters. The van der Waals surface area contributed by atoms with Crippen LogP contribution in [0.25, 0.3) is 21.5 Å². The molecule has 0 aliphatic heterocycles. The zero-order chi connectivity index (χ0) is 11.7. The molecule has 84 valence electrons. The van der Waals surface area contributed by atoms with E-state index in [0.29, 0.717) is 0 Å². The topological polar surface area (TPSA) is 29.5 Å². The Balaban J connectivity index is 2.47. The van der Waals surface area contributed by atoms with Crippen LogP contribution in [0.4, 0.5) is 0 Å². The van der Waals surface area contributed by atoms with E-state index in [2.05, 4.69) is 35.2 Å². The van der Waals surface area contributed by atoms with Crippen molar-refractivity contribution in [1.82, 2.24) is 0 Å². The molecule has 0 spiro atoms. The zero-order valence-electron chi connectivity index (χ0n) is 9.26. The van der Waals surface area contributed by atoms with Gasteiger partial charge in [-0.2, -0.15) is 0 Å². The molecule has 3 rings (SSSR count). The Bertz CT molecular complexity index is 620. The van der Waals surface area contributed by atoms with E-state index in [9.17, 15) is 0 Å². The molecule has 0 heterocycles. The second kappa shape index (κ2) is 4.17. The first-order valence-electron chi connectivity index (χ1n) is 5.56. The van der Waals surface area contributed by atoms with Gasteiger partial charge in [0.1, 0.15) is 6.61 Å². The van der Waals surface area contributed by atoms with Gasteiger partial charge in [0.05, 0.1) is 0 Å². The van der Waals surface area contributed by atoms with Crippen LogP contribution in [0.1, 0.15) is 5.56 Å². The summed E-state index contributed by atoms with van der Waals surface area (Å²) in [5, 5.41) is 13.3. The van der Waals surface area contributed by atoms with E-state index >= 15 is 0 Å². The molecule has 2 heteroatoms. The Morgan fingerprint density at radius 2 is 1.35 bits per heavy atom. The molecule has 0 saturated carbocycles. The second-order valence-electron chi connectivity index (χ2n) is 4.07. The molecular formula is C15H12O2. The lowest BCUT2D eigenvalue weighted by Gasteiger charge is -2.09. The fraction of sp³-hybridized carbons (Fsp3) is 0.0667. The molecule has 0 aliphatic rings. The maximum Gasteiger partial charge on any atom is 0.108 e. The molecular weight excluding hydrogens is 212 g/mol. The third-order valence-corrected chi connectivity index (χ3v) is 3.09. The molecule has 0 radical (unpaired) electrons. The van der Waals surface area contributed by atoms with Gasteiger partial charge in [-0.3, -0.25) is 5.26 Å². The van der Waals surface area contributed by atoms with E-state index in [1.165, 1.54) is 10.8 Å². The predicted molar refractivity (Wildman–Crippen MR) is 68.9 cm³/mol.